The number of likely N-dealkylation sites (tertiary alicyclic amines) is 1. The van der Waals surface area contributed by atoms with Crippen molar-refractivity contribution in [3.05, 3.63) is 54.1 Å². The molecule has 1 aliphatic rings. The van der Waals surface area contributed by atoms with E-state index in [9.17, 15) is 4.79 Å². The first-order valence-corrected chi connectivity index (χ1v) is 10.1. The Bertz CT molecular complexity index is 736. The van der Waals surface area contributed by atoms with Gasteiger partial charge in [0.15, 0.2) is 0 Å². The number of benzene rings is 1. The van der Waals surface area contributed by atoms with Gasteiger partial charge in [0, 0.05) is 50.6 Å². The number of carbonyl (C=O) groups excluding carboxylic acids is 1. The van der Waals surface area contributed by atoms with Crippen LogP contribution in [0.3, 0.4) is 0 Å². The van der Waals surface area contributed by atoms with Crippen molar-refractivity contribution < 1.29 is 9.53 Å². The molecule has 1 atom stereocenters. The molecule has 1 saturated heterocycles. The average Bonchev–Trinajstić information content (AvgIpc) is 2.94. The Balaban J connectivity index is 1.57. The first-order valence-electron chi connectivity index (χ1n) is 10.1. The van der Waals surface area contributed by atoms with Gasteiger partial charge in [-0.3, -0.25) is 9.69 Å². The van der Waals surface area contributed by atoms with Gasteiger partial charge in [-0.15, -0.1) is 0 Å². The molecule has 150 valence electrons. The summed E-state index contributed by atoms with van der Waals surface area (Å²) in [5.41, 5.74) is 2.28. The number of nitrogens with zero attached hydrogens (tertiary/aromatic N) is 4. The summed E-state index contributed by atoms with van der Waals surface area (Å²) in [6.07, 6.45) is 8.22. The lowest BCUT2D eigenvalue weighted by Crippen LogP contribution is -2.39. The van der Waals surface area contributed by atoms with E-state index in [-0.39, 0.29) is 11.9 Å². The number of hydrogen-bond donors (Lipinski definition) is 0. The van der Waals surface area contributed by atoms with Crippen molar-refractivity contribution in [2.24, 2.45) is 0 Å². The van der Waals surface area contributed by atoms with Gasteiger partial charge in [0.25, 0.3) is 0 Å². The molecule has 2 heterocycles. The lowest BCUT2D eigenvalue weighted by atomic mass is 10.1. The van der Waals surface area contributed by atoms with Crippen molar-refractivity contribution in [1.29, 1.82) is 0 Å². The van der Waals surface area contributed by atoms with Gasteiger partial charge in [-0.2, -0.15) is 0 Å². The van der Waals surface area contributed by atoms with Crippen molar-refractivity contribution in [2.75, 3.05) is 19.7 Å². The zero-order valence-electron chi connectivity index (χ0n) is 16.9. The van der Waals surface area contributed by atoms with Gasteiger partial charge < -0.3 is 9.64 Å². The third kappa shape index (κ3) is 5.76. The lowest BCUT2D eigenvalue weighted by molar-refractivity contribution is -0.132. The number of rotatable bonds is 7. The van der Waals surface area contributed by atoms with Gasteiger partial charge in [-0.25, -0.2) is 9.97 Å². The van der Waals surface area contributed by atoms with Gasteiger partial charge in [-0.1, -0.05) is 12.1 Å². The van der Waals surface area contributed by atoms with E-state index in [1.165, 1.54) is 11.9 Å². The van der Waals surface area contributed by atoms with Gasteiger partial charge in [0.2, 0.25) is 5.91 Å². The molecule has 0 saturated carbocycles. The summed E-state index contributed by atoms with van der Waals surface area (Å²) >= 11 is 0. The zero-order valence-corrected chi connectivity index (χ0v) is 16.9. The molecular formula is C22H30N4O2. The molecule has 0 N–H and O–H groups in total. The third-order valence-corrected chi connectivity index (χ3v) is 5.24. The van der Waals surface area contributed by atoms with Crippen LogP contribution in [-0.4, -0.2) is 51.4 Å². The summed E-state index contributed by atoms with van der Waals surface area (Å²) in [5.74, 6) is 1.04. The minimum absolute atomic E-state index is 0.119. The van der Waals surface area contributed by atoms with Crippen LogP contribution in [0.15, 0.2) is 43.0 Å². The topological polar surface area (TPSA) is 58.6 Å². The maximum atomic E-state index is 12.3. The number of aromatic nitrogens is 2. The van der Waals surface area contributed by atoms with E-state index in [0.717, 1.165) is 50.2 Å². The fourth-order valence-electron chi connectivity index (χ4n) is 3.83. The molecule has 0 bridgehead atoms. The first kappa shape index (κ1) is 20.3. The van der Waals surface area contributed by atoms with Crippen LogP contribution < -0.4 is 4.74 Å². The molecule has 2 aromatic rings. The molecule has 6 heteroatoms. The second-order valence-corrected chi connectivity index (χ2v) is 7.33. The molecule has 0 aliphatic carbocycles. The monoisotopic (exact) mass is 382 g/mol. The van der Waals surface area contributed by atoms with Gasteiger partial charge >= 0.3 is 0 Å². The number of ether oxygens (including phenoxy) is 1. The minimum Gasteiger partial charge on any atom is -0.494 e. The van der Waals surface area contributed by atoms with Crippen molar-refractivity contribution in [2.45, 2.75) is 52.2 Å². The van der Waals surface area contributed by atoms with Crippen LogP contribution in [-0.2, 0) is 17.9 Å². The molecule has 3 rings (SSSR count). The average molecular weight is 383 g/mol. The summed E-state index contributed by atoms with van der Waals surface area (Å²) in [6, 6.07) is 8.63. The Morgan fingerprint density at radius 1 is 1.14 bits per heavy atom. The standard InChI is InChI=1S/C22H30N4O2/c1-3-28-22-8-6-19(7-9-22)15-25-11-4-5-21(10-12-25)26(18(2)27)16-20-13-23-17-24-14-20/h6-9,13-14,17,21H,3-5,10-12,15-16H2,1-2H3. The molecule has 6 nitrogen and oxygen atoms in total. The highest BCUT2D eigenvalue weighted by Gasteiger charge is 2.24. The van der Waals surface area contributed by atoms with Crippen molar-refractivity contribution in [3.63, 3.8) is 0 Å². The highest BCUT2D eigenvalue weighted by atomic mass is 16.5. The van der Waals surface area contributed by atoms with E-state index in [1.54, 1.807) is 19.3 Å². The zero-order chi connectivity index (χ0) is 19.8. The van der Waals surface area contributed by atoms with E-state index in [4.69, 9.17) is 4.74 Å². The minimum atomic E-state index is 0.119. The molecule has 0 spiro atoms. The second-order valence-electron chi connectivity index (χ2n) is 7.33. The normalized spacial score (nSPS) is 17.7. The highest BCUT2D eigenvalue weighted by Crippen LogP contribution is 2.21. The number of amides is 1. The van der Waals surface area contributed by atoms with Crippen LogP contribution in [0.5, 0.6) is 5.75 Å². The SMILES string of the molecule is CCOc1ccc(CN2CCCC(N(Cc3cncnc3)C(C)=O)CC2)cc1. The second kappa shape index (κ2) is 10.2. The Kier molecular flexibility index (Phi) is 7.37. The maximum Gasteiger partial charge on any atom is 0.219 e. The predicted octanol–water partition coefficient (Wildman–Crippen LogP) is 3.28. The number of carbonyl (C=O) groups is 1. The smallest absolute Gasteiger partial charge is 0.219 e. The van der Waals surface area contributed by atoms with Gasteiger partial charge in [-0.05, 0) is 50.4 Å². The summed E-state index contributed by atoms with van der Waals surface area (Å²) < 4.78 is 5.52. The largest absolute Gasteiger partial charge is 0.494 e. The summed E-state index contributed by atoms with van der Waals surface area (Å²) in [4.78, 5) is 24.9. The number of hydrogen-bond acceptors (Lipinski definition) is 5. The van der Waals surface area contributed by atoms with Crippen molar-refractivity contribution in [3.8, 4) is 5.75 Å². The van der Waals surface area contributed by atoms with E-state index in [2.05, 4.69) is 27.0 Å². The summed E-state index contributed by atoms with van der Waals surface area (Å²) in [6.45, 7) is 7.92. The third-order valence-electron chi connectivity index (χ3n) is 5.24. The van der Waals surface area contributed by atoms with Crippen LogP contribution in [0.2, 0.25) is 0 Å². The molecule has 1 aliphatic heterocycles. The molecule has 1 amide bonds. The molecule has 1 aromatic carbocycles. The van der Waals surface area contributed by atoms with Crippen molar-refractivity contribution >= 4 is 5.91 Å². The van der Waals surface area contributed by atoms with Gasteiger partial charge in [0.05, 0.1) is 6.61 Å². The van der Waals surface area contributed by atoms with Crippen molar-refractivity contribution in [1.82, 2.24) is 19.8 Å². The van der Waals surface area contributed by atoms with E-state index in [0.29, 0.717) is 13.2 Å². The molecule has 1 unspecified atom stereocenters. The molecule has 0 radical (unpaired) electrons. The fourth-order valence-corrected chi connectivity index (χ4v) is 3.83. The van der Waals surface area contributed by atoms with Crippen LogP contribution >= 0.6 is 0 Å². The molecule has 1 fully saturated rings. The highest BCUT2D eigenvalue weighted by molar-refractivity contribution is 5.73. The van der Waals surface area contributed by atoms with E-state index in [1.807, 2.05) is 24.0 Å². The molecule has 1 aromatic heterocycles. The van der Waals surface area contributed by atoms with E-state index < -0.39 is 0 Å². The molecule has 28 heavy (non-hydrogen) atoms. The van der Waals surface area contributed by atoms with E-state index >= 15 is 0 Å². The Morgan fingerprint density at radius 3 is 2.57 bits per heavy atom. The predicted molar refractivity (Wildman–Crippen MR) is 109 cm³/mol. The molecular weight excluding hydrogens is 352 g/mol. The van der Waals surface area contributed by atoms with Crippen LogP contribution in [0.25, 0.3) is 0 Å². The Morgan fingerprint density at radius 2 is 1.89 bits per heavy atom. The maximum absolute atomic E-state index is 12.3. The van der Waals surface area contributed by atoms with Crippen LogP contribution in [0, 0.1) is 0 Å². The van der Waals surface area contributed by atoms with Gasteiger partial charge in [0.1, 0.15) is 12.1 Å². The first-order chi connectivity index (χ1) is 13.7. The quantitative estimate of drug-likeness (QED) is 0.735. The Hall–Kier alpha value is -2.47. The lowest BCUT2D eigenvalue weighted by Gasteiger charge is -2.30. The fraction of sp³-hybridized carbons (Fsp3) is 0.500. The van der Waals surface area contributed by atoms with Crippen LogP contribution in [0.1, 0.15) is 44.2 Å². The summed E-state index contributed by atoms with van der Waals surface area (Å²) in [7, 11) is 0. The summed E-state index contributed by atoms with van der Waals surface area (Å²) in [5, 5.41) is 0. The Labute approximate surface area is 167 Å². The van der Waals surface area contributed by atoms with Crippen LogP contribution in [0.4, 0.5) is 0 Å².